The van der Waals surface area contributed by atoms with Crippen molar-refractivity contribution >= 4 is 11.6 Å². The number of aromatic nitrogens is 2. The Kier molecular flexibility index (Phi) is 3.48. The van der Waals surface area contributed by atoms with Crippen LogP contribution >= 0.6 is 11.6 Å². The van der Waals surface area contributed by atoms with Crippen LogP contribution in [0.4, 0.5) is 0 Å². The van der Waals surface area contributed by atoms with Crippen LogP contribution in [-0.2, 0) is 30.4 Å². The Morgan fingerprint density at radius 2 is 2.23 bits per heavy atom. The van der Waals surface area contributed by atoms with E-state index < -0.39 is 0 Å². The van der Waals surface area contributed by atoms with Crippen molar-refractivity contribution in [1.82, 2.24) is 14.7 Å². The molecule has 2 aromatic rings. The summed E-state index contributed by atoms with van der Waals surface area (Å²) >= 11 is 6.26. The van der Waals surface area contributed by atoms with Gasteiger partial charge in [-0.3, -0.25) is 9.58 Å². The molecule has 1 aliphatic heterocycles. The molecule has 1 saturated heterocycles. The predicted octanol–water partition coefficient (Wildman–Crippen LogP) is 2.75. The molecule has 0 radical (unpaired) electrons. The van der Waals surface area contributed by atoms with E-state index >= 15 is 0 Å². The Hall–Kier alpha value is -1.36. The molecule has 2 aliphatic rings. The highest BCUT2D eigenvalue weighted by atomic mass is 35.5. The fourth-order valence-electron chi connectivity index (χ4n) is 3.78. The molecule has 1 spiro atoms. The van der Waals surface area contributed by atoms with Gasteiger partial charge >= 0.3 is 0 Å². The molecule has 0 saturated carbocycles. The average molecular weight is 318 g/mol. The zero-order valence-electron chi connectivity index (χ0n) is 12.8. The molecular weight excluding hydrogens is 298 g/mol. The van der Waals surface area contributed by atoms with Crippen LogP contribution in [0.1, 0.15) is 23.2 Å². The first kappa shape index (κ1) is 14.2. The molecule has 4 nitrogen and oxygen atoms in total. The fourth-order valence-corrected chi connectivity index (χ4v) is 4.01. The van der Waals surface area contributed by atoms with Gasteiger partial charge < -0.3 is 4.74 Å². The highest BCUT2D eigenvalue weighted by Crippen LogP contribution is 2.42. The molecule has 0 amide bonds. The van der Waals surface area contributed by atoms with E-state index in [1.165, 1.54) is 11.1 Å². The summed E-state index contributed by atoms with van der Waals surface area (Å²) in [5, 5.41) is 4.98. The van der Waals surface area contributed by atoms with E-state index in [-0.39, 0.29) is 5.60 Å². The van der Waals surface area contributed by atoms with E-state index in [4.69, 9.17) is 16.3 Å². The van der Waals surface area contributed by atoms with Crippen molar-refractivity contribution < 1.29 is 4.74 Å². The first-order valence-corrected chi connectivity index (χ1v) is 8.17. The third-order valence-corrected chi connectivity index (χ3v) is 5.27. The number of nitrogens with zero attached hydrogens (tertiary/aromatic N) is 3. The van der Waals surface area contributed by atoms with Crippen molar-refractivity contribution in [3.05, 3.63) is 52.3 Å². The average Bonchev–Trinajstić information content (AvgIpc) is 3.04. The van der Waals surface area contributed by atoms with Crippen molar-refractivity contribution in [3.8, 4) is 0 Å². The molecule has 0 N–H and O–H groups in total. The Morgan fingerprint density at radius 3 is 3.05 bits per heavy atom. The predicted molar refractivity (Wildman–Crippen MR) is 85.9 cm³/mol. The number of benzene rings is 1. The number of morpholine rings is 1. The lowest BCUT2D eigenvalue weighted by Crippen LogP contribution is -2.48. The highest BCUT2D eigenvalue weighted by Gasteiger charge is 2.43. The van der Waals surface area contributed by atoms with Gasteiger partial charge in [0.25, 0.3) is 0 Å². The van der Waals surface area contributed by atoms with Crippen molar-refractivity contribution in [2.75, 3.05) is 19.7 Å². The monoisotopic (exact) mass is 317 g/mol. The van der Waals surface area contributed by atoms with Crippen LogP contribution in [0.2, 0.25) is 5.02 Å². The first-order chi connectivity index (χ1) is 10.7. The molecule has 1 aromatic heterocycles. The van der Waals surface area contributed by atoms with Gasteiger partial charge in [0.15, 0.2) is 0 Å². The Labute approximate surface area is 135 Å². The molecule has 0 unspecified atom stereocenters. The summed E-state index contributed by atoms with van der Waals surface area (Å²) in [6, 6.07) is 8.69. The lowest BCUT2D eigenvalue weighted by molar-refractivity contribution is -0.116. The molecule has 4 rings (SSSR count). The Bertz CT molecular complexity index is 675. The minimum Gasteiger partial charge on any atom is -0.368 e. The van der Waals surface area contributed by atoms with Crippen LogP contribution in [0.5, 0.6) is 0 Å². The number of hydrogen-bond donors (Lipinski definition) is 0. The molecule has 0 bridgehead atoms. The van der Waals surface area contributed by atoms with E-state index in [2.05, 4.69) is 34.3 Å². The number of aryl methyl sites for hydroxylation is 2. The number of hydrogen-bond acceptors (Lipinski definition) is 3. The van der Waals surface area contributed by atoms with Crippen LogP contribution in [0.25, 0.3) is 0 Å². The summed E-state index contributed by atoms with van der Waals surface area (Å²) in [5.41, 5.74) is 3.74. The zero-order chi connectivity index (χ0) is 15.2. The van der Waals surface area contributed by atoms with Gasteiger partial charge in [0.1, 0.15) is 5.60 Å². The van der Waals surface area contributed by atoms with Gasteiger partial charge in [0.2, 0.25) is 0 Å². The largest absolute Gasteiger partial charge is 0.368 e. The van der Waals surface area contributed by atoms with Gasteiger partial charge in [-0.15, -0.1) is 0 Å². The van der Waals surface area contributed by atoms with E-state index in [1.807, 2.05) is 11.7 Å². The standard InChI is InChI=1S/C17H20ClN3O/c1-20-16(15(18)10-19-20)11-21-8-9-22-17(12-21)7-6-13-4-2-3-5-14(13)17/h2-5,10H,6-9,11-12H2,1H3/t17-/m0/s1. The van der Waals surface area contributed by atoms with Gasteiger partial charge in [-0.1, -0.05) is 35.9 Å². The van der Waals surface area contributed by atoms with Gasteiger partial charge in [-0.05, 0) is 24.0 Å². The summed E-state index contributed by atoms with van der Waals surface area (Å²) in [4.78, 5) is 2.44. The zero-order valence-corrected chi connectivity index (χ0v) is 13.5. The second-order valence-corrected chi connectivity index (χ2v) is 6.68. The maximum atomic E-state index is 6.27. The minimum atomic E-state index is -0.139. The topological polar surface area (TPSA) is 30.3 Å². The summed E-state index contributed by atoms with van der Waals surface area (Å²) in [6.07, 6.45) is 3.90. The molecule has 1 fully saturated rings. The SMILES string of the molecule is Cn1ncc(Cl)c1CN1CCO[C@@]2(CCc3ccccc32)C1. The lowest BCUT2D eigenvalue weighted by atomic mass is 9.93. The molecule has 116 valence electrons. The maximum Gasteiger partial charge on any atom is 0.106 e. The number of fused-ring (bicyclic) bond motifs is 2. The van der Waals surface area contributed by atoms with Crippen LogP contribution in [0, 0.1) is 0 Å². The van der Waals surface area contributed by atoms with Crippen LogP contribution < -0.4 is 0 Å². The number of halogens is 1. The molecule has 1 aliphatic carbocycles. The van der Waals surface area contributed by atoms with E-state index in [1.54, 1.807) is 6.20 Å². The Morgan fingerprint density at radius 1 is 1.36 bits per heavy atom. The summed E-state index contributed by atoms with van der Waals surface area (Å²) in [5.74, 6) is 0. The van der Waals surface area contributed by atoms with Gasteiger partial charge in [-0.25, -0.2) is 0 Å². The first-order valence-electron chi connectivity index (χ1n) is 7.79. The third kappa shape index (κ3) is 2.26. The minimum absolute atomic E-state index is 0.139. The molecule has 2 heterocycles. The van der Waals surface area contributed by atoms with Gasteiger partial charge in [-0.2, -0.15) is 5.10 Å². The smallest absolute Gasteiger partial charge is 0.106 e. The van der Waals surface area contributed by atoms with Gasteiger partial charge in [0, 0.05) is 26.7 Å². The van der Waals surface area contributed by atoms with Gasteiger partial charge in [0.05, 0.1) is 23.5 Å². The van der Waals surface area contributed by atoms with Crippen LogP contribution in [0.3, 0.4) is 0 Å². The van der Waals surface area contributed by atoms with Crippen molar-refractivity contribution in [2.24, 2.45) is 7.05 Å². The quantitative estimate of drug-likeness (QED) is 0.853. The third-order valence-electron chi connectivity index (χ3n) is 4.96. The molecule has 22 heavy (non-hydrogen) atoms. The summed E-state index contributed by atoms with van der Waals surface area (Å²) in [7, 11) is 1.95. The molecule has 5 heteroatoms. The van der Waals surface area contributed by atoms with Crippen LogP contribution in [-0.4, -0.2) is 34.4 Å². The Balaban J connectivity index is 1.58. The van der Waals surface area contributed by atoms with Crippen molar-refractivity contribution in [1.29, 1.82) is 0 Å². The highest BCUT2D eigenvalue weighted by molar-refractivity contribution is 6.31. The van der Waals surface area contributed by atoms with E-state index in [0.717, 1.165) is 49.8 Å². The van der Waals surface area contributed by atoms with E-state index in [9.17, 15) is 0 Å². The fraction of sp³-hybridized carbons (Fsp3) is 0.471. The van der Waals surface area contributed by atoms with Crippen LogP contribution in [0.15, 0.2) is 30.5 Å². The number of rotatable bonds is 2. The van der Waals surface area contributed by atoms with Crippen molar-refractivity contribution in [2.45, 2.75) is 25.0 Å². The summed E-state index contributed by atoms with van der Waals surface area (Å²) in [6.45, 7) is 3.45. The van der Waals surface area contributed by atoms with Crippen molar-refractivity contribution in [3.63, 3.8) is 0 Å². The molecule has 1 atom stereocenters. The normalized spacial score (nSPS) is 24.8. The molecule has 1 aromatic carbocycles. The maximum absolute atomic E-state index is 6.27. The second-order valence-electron chi connectivity index (χ2n) is 6.27. The summed E-state index contributed by atoms with van der Waals surface area (Å²) < 4.78 is 8.13. The lowest BCUT2D eigenvalue weighted by Gasteiger charge is -2.41. The molecular formula is C17H20ClN3O. The number of ether oxygens (including phenoxy) is 1. The second kappa shape index (κ2) is 5.37. The van der Waals surface area contributed by atoms with E-state index in [0.29, 0.717) is 0 Å².